The molecule has 2 aromatic heterocycles. The molecule has 0 aliphatic rings. The molecule has 3 aromatic rings. The fourth-order valence-electron chi connectivity index (χ4n) is 2.19. The van der Waals surface area contributed by atoms with Crippen LogP contribution in [0, 0.1) is 6.92 Å². The summed E-state index contributed by atoms with van der Waals surface area (Å²) in [4.78, 5) is 15.6. The van der Waals surface area contributed by atoms with Gasteiger partial charge in [0.15, 0.2) is 0 Å². The van der Waals surface area contributed by atoms with E-state index >= 15 is 0 Å². The Balaban J connectivity index is 2.50. The first kappa shape index (κ1) is 11.3. The smallest absolute Gasteiger partial charge is 0.354 e. The minimum atomic E-state index is -0.956. The molecule has 5 nitrogen and oxygen atoms in total. The number of aromatic carboxylic acids is 1. The van der Waals surface area contributed by atoms with E-state index in [4.69, 9.17) is 5.11 Å². The van der Waals surface area contributed by atoms with Gasteiger partial charge in [-0.3, -0.25) is 4.40 Å². The Bertz CT molecular complexity index is 801. The minimum absolute atomic E-state index is 0.219. The highest BCUT2D eigenvalue weighted by Gasteiger charge is 2.17. The molecule has 1 N–H and O–H groups in total. The maximum absolute atomic E-state index is 11.1. The first-order valence-corrected chi connectivity index (χ1v) is 6.15. The number of hydrogen-bond acceptors (Lipinski definition) is 2. The topological polar surface area (TPSA) is 59.5 Å². The molecule has 3 rings (SSSR count). The van der Waals surface area contributed by atoms with Crippen LogP contribution < -0.4 is 0 Å². The van der Waals surface area contributed by atoms with E-state index in [1.165, 1.54) is 0 Å². The van der Waals surface area contributed by atoms with E-state index in [0.29, 0.717) is 5.78 Å². The fraction of sp³-hybridized carbons (Fsp3) is 0.167. The van der Waals surface area contributed by atoms with E-state index in [9.17, 15) is 4.79 Å². The van der Waals surface area contributed by atoms with Gasteiger partial charge in [-0.2, -0.15) is 0 Å². The molecule has 0 aliphatic carbocycles. The Kier molecular flexibility index (Phi) is 2.25. The van der Waals surface area contributed by atoms with Crippen LogP contribution in [-0.2, 0) is 7.05 Å². The molecule has 0 unspecified atom stereocenters. The molecule has 1 aromatic carbocycles. The molecule has 2 heterocycles. The Morgan fingerprint density at radius 1 is 1.44 bits per heavy atom. The number of halogens is 1. The summed E-state index contributed by atoms with van der Waals surface area (Å²) in [5.41, 5.74) is 3.07. The second-order valence-electron chi connectivity index (χ2n) is 4.25. The summed E-state index contributed by atoms with van der Waals surface area (Å²) < 4.78 is 4.33. The molecule has 6 heteroatoms. The van der Waals surface area contributed by atoms with Crippen molar-refractivity contribution < 1.29 is 9.90 Å². The number of carboxylic acid groups (broad SMARTS) is 1. The molecule has 0 amide bonds. The fourth-order valence-corrected chi connectivity index (χ4v) is 2.75. The first-order valence-electron chi connectivity index (χ1n) is 5.36. The standard InChI is InChI=1S/C12H10BrN3O2/c1-6-3-7(13)4-8-10(6)14-12-15(2)9(11(17)18)5-16(8)12/h3-5H,1-2H3,(H,17,18). The number of imidazole rings is 2. The summed E-state index contributed by atoms with van der Waals surface area (Å²) >= 11 is 3.44. The molecule has 92 valence electrons. The van der Waals surface area contributed by atoms with Crippen molar-refractivity contribution in [3.63, 3.8) is 0 Å². The highest BCUT2D eigenvalue weighted by molar-refractivity contribution is 9.10. The zero-order valence-corrected chi connectivity index (χ0v) is 11.4. The summed E-state index contributed by atoms with van der Waals surface area (Å²) in [6.07, 6.45) is 1.60. The highest BCUT2D eigenvalue weighted by atomic mass is 79.9. The number of aryl methyl sites for hydroxylation is 2. The number of rotatable bonds is 1. The third-order valence-corrected chi connectivity index (χ3v) is 3.52. The van der Waals surface area contributed by atoms with Crippen LogP contribution in [0.4, 0.5) is 0 Å². The lowest BCUT2D eigenvalue weighted by atomic mass is 10.2. The van der Waals surface area contributed by atoms with E-state index in [2.05, 4.69) is 20.9 Å². The lowest BCUT2D eigenvalue weighted by Gasteiger charge is -1.97. The molecule has 18 heavy (non-hydrogen) atoms. The third kappa shape index (κ3) is 1.38. The number of aromatic nitrogens is 3. The van der Waals surface area contributed by atoms with Gasteiger partial charge in [-0.05, 0) is 24.6 Å². The average molecular weight is 308 g/mol. The number of benzene rings is 1. The molecule has 0 aliphatic heterocycles. The predicted octanol–water partition coefficient (Wildman–Crippen LogP) is 2.60. The number of hydrogen-bond donors (Lipinski definition) is 1. The average Bonchev–Trinajstić information content (AvgIpc) is 2.77. The third-order valence-electron chi connectivity index (χ3n) is 3.06. The Labute approximate surface area is 111 Å². The van der Waals surface area contributed by atoms with Crippen LogP contribution in [0.25, 0.3) is 16.8 Å². The molecule has 0 fully saturated rings. The molecule has 0 saturated carbocycles. The summed E-state index contributed by atoms with van der Waals surface area (Å²) in [5.74, 6) is -0.327. The van der Waals surface area contributed by atoms with E-state index in [1.54, 1.807) is 22.2 Å². The van der Waals surface area contributed by atoms with Gasteiger partial charge in [-0.1, -0.05) is 15.9 Å². The van der Waals surface area contributed by atoms with Crippen molar-refractivity contribution >= 4 is 38.7 Å². The van der Waals surface area contributed by atoms with E-state index < -0.39 is 5.97 Å². The quantitative estimate of drug-likeness (QED) is 0.752. The normalized spacial score (nSPS) is 11.5. The van der Waals surface area contributed by atoms with Crippen molar-refractivity contribution in [3.8, 4) is 0 Å². The largest absolute Gasteiger partial charge is 0.477 e. The molecule has 0 radical (unpaired) electrons. The highest BCUT2D eigenvalue weighted by Crippen LogP contribution is 2.25. The van der Waals surface area contributed by atoms with Crippen molar-refractivity contribution in [1.82, 2.24) is 14.0 Å². The van der Waals surface area contributed by atoms with E-state index in [-0.39, 0.29) is 5.69 Å². The molecule has 0 atom stereocenters. The lowest BCUT2D eigenvalue weighted by molar-refractivity contribution is 0.0687. The van der Waals surface area contributed by atoms with Crippen molar-refractivity contribution in [1.29, 1.82) is 0 Å². The maximum atomic E-state index is 11.1. The number of carboxylic acids is 1. The zero-order valence-electron chi connectivity index (χ0n) is 9.81. The lowest BCUT2D eigenvalue weighted by Crippen LogP contribution is -2.04. The van der Waals surface area contributed by atoms with E-state index in [1.807, 2.05) is 19.1 Å². The summed E-state index contributed by atoms with van der Waals surface area (Å²) in [7, 11) is 1.70. The monoisotopic (exact) mass is 307 g/mol. The number of carbonyl (C=O) groups is 1. The van der Waals surface area contributed by atoms with Crippen LogP contribution >= 0.6 is 15.9 Å². The van der Waals surface area contributed by atoms with Gasteiger partial charge < -0.3 is 9.67 Å². The molecular formula is C12H10BrN3O2. The summed E-state index contributed by atoms with van der Waals surface area (Å²) in [6, 6.07) is 3.93. The predicted molar refractivity (Wildman–Crippen MR) is 71.1 cm³/mol. The van der Waals surface area contributed by atoms with Crippen molar-refractivity contribution in [2.75, 3.05) is 0 Å². The molecule has 0 saturated heterocycles. The van der Waals surface area contributed by atoms with Gasteiger partial charge in [0, 0.05) is 17.7 Å². The van der Waals surface area contributed by atoms with Gasteiger partial charge in [0.05, 0.1) is 11.0 Å². The summed E-state index contributed by atoms with van der Waals surface area (Å²) in [5, 5.41) is 9.10. The number of nitrogens with zero attached hydrogens (tertiary/aromatic N) is 3. The van der Waals surface area contributed by atoms with Gasteiger partial charge in [0.2, 0.25) is 5.78 Å². The van der Waals surface area contributed by atoms with Crippen LogP contribution in [0.1, 0.15) is 16.1 Å². The van der Waals surface area contributed by atoms with Crippen molar-refractivity contribution in [2.45, 2.75) is 6.92 Å². The SMILES string of the molecule is Cc1cc(Br)cc2c1nc1n(C)c(C(=O)O)cn21. The van der Waals surface area contributed by atoms with Gasteiger partial charge in [0.25, 0.3) is 0 Å². The molecule has 0 spiro atoms. The first-order chi connectivity index (χ1) is 8.49. The van der Waals surface area contributed by atoms with Crippen molar-refractivity contribution in [3.05, 3.63) is 34.1 Å². The van der Waals surface area contributed by atoms with Crippen LogP contribution in [0.15, 0.2) is 22.8 Å². The molecule has 0 bridgehead atoms. The van der Waals surface area contributed by atoms with Crippen molar-refractivity contribution in [2.24, 2.45) is 7.05 Å². The van der Waals surface area contributed by atoms with Crippen LogP contribution in [0.3, 0.4) is 0 Å². The van der Waals surface area contributed by atoms with Crippen LogP contribution in [0.5, 0.6) is 0 Å². The maximum Gasteiger partial charge on any atom is 0.354 e. The Hall–Kier alpha value is -1.82. The van der Waals surface area contributed by atoms with Gasteiger partial charge >= 0.3 is 5.97 Å². The van der Waals surface area contributed by atoms with Crippen LogP contribution in [0.2, 0.25) is 0 Å². The second kappa shape index (κ2) is 3.58. The van der Waals surface area contributed by atoms with Crippen LogP contribution in [-0.4, -0.2) is 25.0 Å². The minimum Gasteiger partial charge on any atom is -0.477 e. The Morgan fingerprint density at radius 2 is 2.17 bits per heavy atom. The number of fused-ring (bicyclic) bond motifs is 3. The van der Waals surface area contributed by atoms with Gasteiger partial charge in [-0.15, -0.1) is 0 Å². The van der Waals surface area contributed by atoms with Gasteiger partial charge in [0.1, 0.15) is 5.69 Å². The summed E-state index contributed by atoms with van der Waals surface area (Å²) in [6.45, 7) is 1.98. The van der Waals surface area contributed by atoms with E-state index in [0.717, 1.165) is 21.1 Å². The van der Waals surface area contributed by atoms with Gasteiger partial charge in [-0.25, -0.2) is 9.78 Å². The molecular weight excluding hydrogens is 298 g/mol. The zero-order chi connectivity index (χ0) is 13.0. The second-order valence-corrected chi connectivity index (χ2v) is 5.17. The Morgan fingerprint density at radius 3 is 2.83 bits per heavy atom.